The van der Waals surface area contributed by atoms with Gasteiger partial charge in [0.05, 0.1) is 0 Å². The number of nitrogens with zero attached hydrogens (tertiary/aromatic N) is 3. The van der Waals surface area contributed by atoms with Crippen LogP contribution in [-0.4, -0.2) is 44.0 Å². The Labute approximate surface area is 80.1 Å². The molecule has 0 saturated carbocycles. The van der Waals surface area contributed by atoms with E-state index in [1.807, 2.05) is 50.1 Å². The van der Waals surface area contributed by atoms with Crippen molar-refractivity contribution in [2.24, 2.45) is 4.99 Å². The average molecular weight is 179 g/mol. The van der Waals surface area contributed by atoms with Crippen LogP contribution >= 0.6 is 0 Å². The van der Waals surface area contributed by atoms with Gasteiger partial charge in [0.25, 0.3) is 0 Å². The van der Waals surface area contributed by atoms with E-state index in [0.717, 1.165) is 18.1 Å². The molecule has 0 N–H and O–H groups in total. The second kappa shape index (κ2) is 4.12. The summed E-state index contributed by atoms with van der Waals surface area (Å²) in [6.45, 7) is 0. The van der Waals surface area contributed by atoms with Crippen molar-refractivity contribution in [3.05, 3.63) is 23.9 Å². The number of guanidine groups is 1. The molecule has 3 nitrogen and oxygen atoms in total. The van der Waals surface area contributed by atoms with E-state index in [-0.39, 0.29) is 0 Å². The maximum Gasteiger partial charge on any atom is 0.200 e. The largest absolute Gasteiger partial charge is 0.349 e. The molecule has 0 radical (unpaired) electrons. The predicted molar refractivity (Wildman–Crippen MR) is 56.6 cm³/mol. The molecule has 0 heterocycles. The van der Waals surface area contributed by atoms with Crippen molar-refractivity contribution in [3.8, 4) is 0 Å². The molecule has 72 valence electrons. The highest BCUT2D eigenvalue weighted by atomic mass is 15.3. The van der Waals surface area contributed by atoms with Gasteiger partial charge in [-0.25, -0.2) is 4.99 Å². The zero-order valence-corrected chi connectivity index (χ0v) is 8.78. The van der Waals surface area contributed by atoms with Gasteiger partial charge < -0.3 is 9.80 Å². The SMILES string of the molecule is CN(C)C(=NC1=CC=CC1)N(C)C. The van der Waals surface area contributed by atoms with Crippen molar-refractivity contribution in [1.29, 1.82) is 0 Å². The molecule has 0 fully saturated rings. The molecule has 0 bridgehead atoms. The minimum atomic E-state index is 0.950. The number of hydrogen-bond donors (Lipinski definition) is 0. The summed E-state index contributed by atoms with van der Waals surface area (Å²) in [5.74, 6) is 0.981. The molecule has 0 aliphatic heterocycles. The first kappa shape index (κ1) is 9.84. The van der Waals surface area contributed by atoms with Gasteiger partial charge in [-0.3, -0.25) is 0 Å². The van der Waals surface area contributed by atoms with E-state index >= 15 is 0 Å². The minimum Gasteiger partial charge on any atom is -0.349 e. The summed E-state index contributed by atoms with van der Waals surface area (Å²) in [4.78, 5) is 8.57. The van der Waals surface area contributed by atoms with Gasteiger partial charge in [-0.1, -0.05) is 12.2 Å². The van der Waals surface area contributed by atoms with Crippen LogP contribution in [0.2, 0.25) is 0 Å². The smallest absolute Gasteiger partial charge is 0.200 e. The lowest BCUT2D eigenvalue weighted by atomic mass is 10.4. The average Bonchev–Trinajstić information content (AvgIpc) is 2.50. The second-order valence-electron chi connectivity index (χ2n) is 3.49. The van der Waals surface area contributed by atoms with Crippen molar-refractivity contribution >= 4 is 5.96 Å². The number of allylic oxidation sites excluding steroid dienone is 3. The first-order valence-electron chi connectivity index (χ1n) is 4.40. The van der Waals surface area contributed by atoms with Crippen LogP contribution in [-0.2, 0) is 0 Å². The van der Waals surface area contributed by atoms with Crippen LogP contribution in [0.15, 0.2) is 28.9 Å². The minimum absolute atomic E-state index is 0.950. The maximum atomic E-state index is 4.54. The topological polar surface area (TPSA) is 18.8 Å². The van der Waals surface area contributed by atoms with Crippen LogP contribution < -0.4 is 0 Å². The Morgan fingerprint density at radius 1 is 1.23 bits per heavy atom. The molecular weight excluding hydrogens is 162 g/mol. The Kier molecular flexibility index (Phi) is 3.12. The Morgan fingerprint density at radius 3 is 2.23 bits per heavy atom. The first-order valence-corrected chi connectivity index (χ1v) is 4.40. The molecule has 1 aliphatic rings. The van der Waals surface area contributed by atoms with E-state index in [9.17, 15) is 0 Å². The van der Waals surface area contributed by atoms with E-state index in [0.29, 0.717) is 0 Å². The molecule has 0 amide bonds. The van der Waals surface area contributed by atoms with Gasteiger partial charge in [-0.15, -0.1) is 0 Å². The van der Waals surface area contributed by atoms with Gasteiger partial charge >= 0.3 is 0 Å². The fourth-order valence-electron chi connectivity index (χ4n) is 1.25. The fraction of sp³-hybridized carbons (Fsp3) is 0.500. The molecule has 0 aromatic heterocycles. The predicted octanol–water partition coefficient (Wildman–Crippen LogP) is 1.31. The monoisotopic (exact) mass is 179 g/mol. The van der Waals surface area contributed by atoms with Crippen molar-refractivity contribution in [2.75, 3.05) is 28.2 Å². The van der Waals surface area contributed by atoms with E-state index in [4.69, 9.17) is 0 Å². The maximum absolute atomic E-state index is 4.54. The molecule has 0 spiro atoms. The molecule has 13 heavy (non-hydrogen) atoms. The molecule has 0 aromatic rings. The molecular formula is C10H17N3. The lowest BCUT2D eigenvalue weighted by Crippen LogP contribution is -2.35. The van der Waals surface area contributed by atoms with E-state index in [2.05, 4.69) is 11.1 Å². The summed E-state index contributed by atoms with van der Waals surface area (Å²) in [5.41, 5.74) is 1.12. The Hall–Kier alpha value is -1.25. The van der Waals surface area contributed by atoms with Gasteiger partial charge in [0.1, 0.15) is 0 Å². The summed E-state index contributed by atoms with van der Waals surface area (Å²) in [6.07, 6.45) is 7.15. The van der Waals surface area contributed by atoms with Crippen LogP contribution in [0.25, 0.3) is 0 Å². The quantitative estimate of drug-likeness (QED) is 0.446. The summed E-state index contributed by atoms with van der Waals surface area (Å²) >= 11 is 0. The molecule has 3 heteroatoms. The highest BCUT2D eigenvalue weighted by Gasteiger charge is 2.06. The summed E-state index contributed by atoms with van der Waals surface area (Å²) in [7, 11) is 8.01. The molecule has 0 unspecified atom stereocenters. The van der Waals surface area contributed by atoms with E-state index < -0.39 is 0 Å². The summed E-state index contributed by atoms with van der Waals surface area (Å²) in [6, 6.07) is 0. The van der Waals surface area contributed by atoms with E-state index in [1.165, 1.54) is 0 Å². The molecule has 0 saturated heterocycles. The van der Waals surface area contributed by atoms with Gasteiger partial charge in [0.15, 0.2) is 5.96 Å². The Bertz CT molecular complexity index is 249. The van der Waals surface area contributed by atoms with Gasteiger partial charge in [0, 0.05) is 40.3 Å². The van der Waals surface area contributed by atoms with Crippen molar-refractivity contribution in [2.45, 2.75) is 6.42 Å². The second-order valence-corrected chi connectivity index (χ2v) is 3.49. The number of rotatable bonds is 1. The first-order chi connectivity index (χ1) is 6.11. The van der Waals surface area contributed by atoms with Crippen LogP contribution in [0, 0.1) is 0 Å². The highest BCUT2D eigenvalue weighted by molar-refractivity contribution is 5.80. The molecule has 1 rings (SSSR count). The standard InChI is InChI=1S/C10H17N3/c1-12(2)10(13(3)4)11-9-7-5-6-8-9/h5-7H,8H2,1-4H3. The lowest BCUT2D eigenvalue weighted by molar-refractivity contribution is 0.482. The van der Waals surface area contributed by atoms with Crippen LogP contribution in [0.5, 0.6) is 0 Å². The van der Waals surface area contributed by atoms with Gasteiger partial charge in [-0.05, 0) is 6.08 Å². The summed E-state index contributed by atoms with van der Waals surface area (Å²) < 4.78 is 0. The molecule has 0 aromatic carbocycles. The van der Waals surface area contributed by atoms with Crippen LogP contribution in [0.4, 0.5) is 0 Å². The van der Waals surface area contributed by atoms with Gasteiger partial charge in [-0.2, -0.15) is 0 Å². The number of hydrogen-bond acceptors (Lipinski definition) is 1. The van der Waals surface area contributed by atoms with Crippen molar-refractivity contribution in [1.82, 2.24) is 9.80 Å². The third kappa shape index (κ3) is 2.61. The van der Waals surface area contributed by atoms with Crippen molar-refractivity contribution < 1.29 is 0 Å². The van der Waals surface area contributed by atoms with Crippen molar-refractivity contribution in [3.63, 3.8) is 0 Å². The van der Waals surface area contributed by atoms with Gasteiger partial charge in [0.2, 0.25) is 0 Å². The highest BCUT2D eigenvalue weighted by Crippen LogP contribution is 2.12. The normalized spacial score (nSPS) is 14.0. The fourth-order valence-corrected chi connectivity index (χ4v) is 1.25. The van der Waals surface area contributed by atoms with Crippen LogP contribution in [0.3, 0.4) is 0 Å². The number of aliphatic imine (C=N–C) groups is 1. The molecule has 0 atom stereocenters. The third-order valence-electron chi connectivity index (χ3n) is 1.80. The summed E-state index contributed by atoms with van der Waals surface area (Å²) in [5, 5.41) is 0. The Morgan fingerprint density at radius 2 is 1.85 bits per heavy atom. The Balaban J connectivity index is 2.75. The van der Waals surface area contributed by atoms with E-state index in [1.54, 1.807) is 0 Å². The van der Waals surface area contributed by atoms with Crippen LogP contribution in [0.1, 0.15) is 6.42 Å². The molecule has 1 aliphatic carbocycles. The third-order valence-corrected chi connectivity index (χ3v) is 1.80. The lowest BCUT2D eigenvalue weighted by Gasteiger charge is -2.22. The zero-order chi connectivity index (χ0) is 9.84. The zero-order valence-electron chi connectivity index (χ0n) is 8.78.